The lowest BCUT2D eigenvalue weighted by Crippen LogP contribution is -2.41. The fourth-order valence-corrected chi connectivity index (χ4v) is 1.58. The van der Waals surface area contributed by atoms with E-state index in [-0.39, 0.29) is 30.4 Å². The van der Waals surface area contributed by atoms with Crippen LogP contribution in [-0.4, -0.2) is 36.0 Å². The second-order valence-corrected chi connectivity index (χ2v) is 4.31. The molecule has 1 unspecified atom stereocenters. The molecular formula is C12H21NO3. The van der Waals surface area contributed by atoms with Crippen LogP contribution >= 0.6 is 0 Å². The van der Waals surface area contributed by atoms with Crippen LogP contribution in [0.1, 0.15) is 40.0 Å². The van der Waals surface area contributed by atoms with E-state index >= 15 is 0 Å². The predicted octanol–water partition coefficient (Wildman–Crippen LogP) is 1.59. The lowest BCUT2D eigenvalue weighted by Gasteiger charge is -2.24. The van der Waals surface area contributed by atoms with Crippen LogP contribution in [0, 0.1) is 5.92 Å². The lowest BCUT2D eigenvalue weighted by atomic mass is 10.1. The van der Waals surface area contributed by atoms with E-state index in [1.165, 1.54) is 0 Å². The second kappa shape index (κ2) is 5.87. The molecule has 92 valence electrons. The number of nitrogens with zero attached hydrogens (tertiary/aromatic N) is 1. The quantitative estimate of drug-likeness (QED) is 0.647. The minimum absolute atomic E-state index is 0.00461. The van der Waals surface area contributed by atoms with Gasteiger partial charge in [-0.2, -0.15) is 0 Å². The Bertz CT molecular complexity index is 261. The zero-order valence-corrected chi connectivity index (χ0v) is 10.4. The topological polar surface area (TPSA) is 46.6 Å². The normalized spacial score (nSPS) is 16.7. The molecule has 1 saturated carbocycles. The molecule has 0 bridgehead atoms. The Labute approximate surface area is 96.9 Å². The van der Waals surface area contributed by atoms with E-state index in [4.69, 9.17) is 4.74 Å². The number of carbonyl (C=O) groups excluding carboxylic acids is 2. The average molecular weight is 227 g/mol. The third-order valence-corrected chi connectivity index (χ3v) is 2.91. The molecule has 0 aromatic rings. The van der Waals surface area contributed by atoms with Crippen molar-refractivity contribution in [1.82, 2.24) is 4.90 Å². The molecule has 1 fully saturated rings. The molecule has 1 amide bonds. The summed E-state index contributed by atoms with van der Waals surface area (Å²) in [5, 5.41) is 0. The first-order chi connectivity index (χ1) is 7.60. The number of amides is 1. The summed E-state index contributed by atoms with van der Waals surface area (Å²) in [6.07, 6.45) is 2.84. The Balaban J connectivity index is 2.53. The zero-order valence-electron chi connectivity index (χ0n) is 10.4. The molecule has 4 heteroatoms. The van der Waals surface area contributed by atoms with Gasteiger partial charge < -0.3 is 9.64 Å². The first-order valence-electron chi connectivity index (χ1n) is 6.06. The SMILES string of the molecule is CCOC(=O)CN(C(=O)C(C)CC)C1CC1. The Morgan fingerprint density at radius 3 is 2.44 bits per heavy atom. The molecule has 0 spiro atoms. The van der Waals surface area contributed by atoms with Crippen LogP contribution in [0.25, 0.3) is 0 Å². The molecule has 0 aromatic heterocycles. The van der Waals surface area contributed by atoms with Crippen LogP contribution < -0.4 is 0 Å². The van der Waals surface area contributed by atoms with E-state index in [2.05, 4.69) is 0 Å². The van der Waals surface area contributed by atoms with E-state index in [1.807, 2.05) is 13.8 Å². The summed E-state index contributed by atoms with van der Waals surface area (Å²) in [4.78, 5) is 25.1. The maximum absolute atomic E-state index is 12.0. The standard InChI is InChI=1S/C12H21NO3/c1-4-9(3)12(15)13(10-6-7-10)8-11(14)16-5-2/h9-10H,4-8H2,1-3H3. The smallest absolute Gasteiger partial charge is 0.325 e. The molecule has 16 heavy (non-hydrogen) atoms. The van der Waals surface area contributed by atoms with E-state index < -0.39 is 0 Å². The highest BCUT2D eigenvalue weighted by Crippen LogP contribution is 2.28. The van der Waals surface area contributed by atoms with Crippen molar-refractivity contribution >= 4 is 11.9 Å². The summed E-state index contributed by atoms with van der Waals surface area (Å²) in [7, 11) is 0. The van der Waals surface area contributed by atoms with Crippen LogP contribution in [0.4, 0.5) is 0 Å². The lowest BCUT2D eigenvalue weighted by molar-refractivity contribution is -0.150. The molecule has 0 N–H and O–H groups in total. The van der Waals surface area contributed by atoms with Crippen molar-refractivity contribution < 1.29 is 14.3 Å². The highest BCUT2D eigenvalue weighted by molar-refractivity contribution is 5.84. The zero-order chi connectivity index (χ0) is 12.1. The summed E-state index contributed by atoms with van der Waals surface area (Å²) in [6.45, 7) is 6.15. The molecule has 0 heterocycles. The van der Waals surface area contributed by atoms with E-state index in [0.717, 1.165) is 19.3 Å². The van der Waals surface area contributed by atoms with Gasteiger partial charge in [0.05, 0.1) is 6.61 Å². The minimum atomic E-state index is -0.300. The number of carbonyl (C=O) groups is 2. The Morgan fingerprint density at radius 2 is 2.00 bits per heavy atom. The van der Waals surface area contributed by atoms with Crippen molar-refractivity contribution in [2.45, 2.75) is 46.1 Å². The van der Waals surface area contributed by atoms with E-state index in [1.54, 1.807) is 11.8 Å². The maximum Gasteiger partial charge on any atom is 0.325 e. The summed E-state index contributed by atoms with van der Waals surface area (Å²) in [5.41, 5.74) is 0. The van der Waals surface area contributed by atoms with Gasteiger partial charge in [-0.1, -0.05) is 13.8 Å². The molecule has 1 rings (SSSR count). The predicted molar refractivity (Wildman–Crippen MR) is 60.8 cm³/mol. The van der Waals surface area contributed by atoms with Crippen LogP contribution in [0.5, 0.6) is 0 Å². The van der Waals surface area contributed by atoms with Crippen LogP contribution in [0.3, 0.4) is 0 Å². The van der Waals surface area contributed by atoms with Gasteiger partial charge in [0.2, 0.25) is 5.91 Å². The third-order valence-electron chi connectivity index (χ3n) is 2.91. The van der Waals surface area contributed by atoms with Gasteiger partial charge in [0.15, 0.2) is 0 Å². The van der Waals surface area contributed by atoms with Gasteiger partial charge in [-0.25, -0.2) is 0 Å². The molecule has 1 aliphatic carbocycles. The molecule has 0 aromatic carbocycles. The number of hydrogen-bond acceptors (Lipinski definition) is 3. The average Bonchev–Trinajstić information content (AvgIpc) is 3.08. The monoisotopic (exact) mass is 227 g/mol. The van der Waals surface area contributed by atoms with Crippen LogP contribution in [0.2, 0.25) is 0 Å². The largest absolute Gasteiger partial charge is 0.465 e. The first kappa shape index (κ1) is 13.0. The van der Waals surface area contributed by atoms with E-state index in [9.17, 15) is 9.59 Å². The van der Waals surface area contributed by atoms with E-state index in [0.29, 0.717) is 6.61 Å². The van der Waals surface area contributed by atoms with Gasteiger partial charge in [0, 0.05) is 12.0 Å². The Kier molecular flexibility index (Phi) is 4.77. The number of ether oxygens (including phenoxy) is 1. The minimum Gasteiger partial charge on any atom is -0.465 e. The van der Waals surface area contributed by atoms with Gasteiger partial charge in [-0.05, 0) is 26.2 Å². The number of rotatable bonds is 6. The molecular weight excluding hydrogens is 206 g/mol. The number of hydrogen-bond donors (Lipinski definition) is 0. The summed E-state index contributed by atoms with van der Waals surface area (Å²) in [5.74, 6) is -0.223. The van der Waals surface area contributed by atoms with Crippen LogP contribution in [0.15, 0.2) is 0 Å². The number of esters is 1. The molecule has 0 radical (unpaired) electrons. The Morgan fingerprint density at radius 1 is 1.38 bits per heavy atom. The van der Waals surface area contributed by atoms with Crippen molar-refractivity contribution in [3.8, 4) is 0 Å². The van der Waals surface area contributed by atoms with Crippen molar-refractivity contribution in [3.05, 3.63) is 0 Å². The van der Waals surface area contributed by atoms with Crippen molar-refractivity contribution in [1.29, 1.82) is 0 Å². The molecule has 0 saturated heterocycles. The van der Waals surface area contributed by atoms with Crippen LogP contribution in [-0.2, 0) is 14.3 Å². The fourth-order valence-electron chi connectivity index (χ4n) is 1.58. The molecule has 1 aliphatic rings. The molecule has 0 aliphatic heterocycles. The van der Waals surface area contributed by atoms with Gasteiger partial charge in [0.25, 0.3) is 0 Å². The first-order valence-corrected chi connectivity index (χ1v) is 6.06. The fraction of sp³-hybridized carbons (Fsp3) is 0.833. The van der Waals surface area contributed by atoms with Gasteiger partial charge in [-0.15, -0.1) is 0 Å². The second-order valence-electron chi connectivity index (χ2n) is 4.31. The van der Waals surface area contributed by atoms with Crippen molar-refractivity contribution in [2.75, 3.05) is 13.2 Å². The summed E-state index contributed by atoms with van der Waals surface area (Å²) < 4.78 is 4.88. The van der Waals surface area contributed by atoms with Gasteiger partial charge in [-0.3, -0.25) is 9.59 Å². The maximum atomic E-state index is 12.0. The third kappa shape index (κ3) is 3.51. The van der Waals surface area contributed by atoms with Gasteiger partial charge in [0.1, 0.15) is 6.54 Å². The van der Waals surface area contributed by atoms with Crippen molar-refractivity contribution in [3.63, 3.8) is 0 Å². The Hall–Kier alpha value is -1.06. The highest BCUT2D eigenvalue weighted by atomic mass is 16.5. The molecule has 1 atom stereocenters. The molecule has 4 nitrogen and oxygen atoms in total. The van der Waals surface area contributed by atoms with Gasteiger partial charge >= 0.3 is 5.97 Å². The highest BCUT2D eigenvalue weighted by Gasteiger charge is 2.35. The summed E-state index contributed by atoms with van der Waals surface area (Å²) in [6, 6.07) is 0.269. The summed E-state index contributed by atoms with van der Waals surface area (Å²) >= 11 is 0. The van der Waals surface area contributed by atoms with Crippen molar-refractivity contribution in [2.24, 2.45) is 5.92 Å².